The lowest BCUT2D eigenvalue weighted by Gasteiger charge is -2.12. The number of hydrogen-bond acceptors (Lipinski definition) is 2. The summed E-state index contributed by atoms with van der Waals surface area (Å²) in [5.74, 6) is -0.0813. The highest BCUT2D eigenvalue weighted by Crippen LogP contribution is 2.23. The first kappa shape index (κ1) is 15.9. The molecule has 3 nitrogen and oxygen atoms in total. The molecule has 0 unspecified atom stereocenters. The first-order chi connectivity index (χ1) is 10.0. The SMILES string of the molecule is CNC(=O)c1ccc(NCc2cc(Cl)ccc2Br)c(C)c1. The van der Waals surface area contributed by atoms with Crippen molar-refractivity contribution in [3.05, 3.63) is 62.6 Å². The number of halogens is 2. The Balaban J connectivity index is 2.13. The lowest BCUT2D eigenvalue weighted by atomic mass is 10.1. The number of aryl methyl sites for hydroxylation is 1. The summed E-state index contributed by atoms with van der Waals surface area (Å²) in [4.78, 5) is 11.6. The molecule has 0 saturated carbocycles. The molecular formula is C16H16BrClN2O. The van der Waals surface area contributed by atoms with Gasteiger partial charge < -0.3 is 10.6 Å². The Kier molecular flexibility index (Phi) is 5.26. The predicted octanol–water partition coefficient (Wildman–Crippen LogP) is 4.38. The first-order valence-corrected chi connectivity index (χ1v) is 7.69. The van der Waals surface area contributed by atoms with E-state index in [4.69, 9.17) is 11.6 Å². The van der Waals surface area contributed by atoms with Gasteiger partial charge >= 0.3 is 0 Å². The summed E-state index contributed by atoms with van der Waals surface area (Å²) in [7, 11) is 1.63. The Bertz CT molecular complexity index is 673. The normalized spacial score (nSPS) is 10.3. The Morgan fingerprint density at radius 1 is 1.24 bits per heavy atom. The van der Waals surface area contributed by atoms with Crippen LogP contribution in [0.2, 0.25) is 5.02 Å². The number of carbonyl (C=O) groups excluding carboxylic acids is 1. The van der Waals surface area contributed by atoms with Gasteiger partial charge in [0.2, 0.25) is 0 Å². The standard InChI is InChI=1S/C16H16BrClN2O/c1-10-7-11(16(21)19-2)3-6-15(10)20-9-12-8-13(18)4-5-14(12)17/h3-8,20H,9H2,1-2H3,(H,19,21). The number of nitrogens with one attached hydrogen (secondary N) is 2. The number of carbonyl (C=O) groups is 1. The van der Waals surface area contributed by atoms with E-state index in [1.807, 2.05) is 37.3 Å². The smallest absolute Gasteiger partial charge is 0.251 e. The van der Waals surface area contributed by atoms with Gasteiger partial charge in [0, 0.05) is 34.3 Å². The maximum atomic E-state index is 11.6. The molecule has 0 spiro atoms. The quantitative estimate of drug-likeness (QED) is 0.842. The van der Waals surface area contributed by atoms with Crippen LogP contribution in [-0.2, 0) is 6.54 Å². The van der Waals surface area contributed by atoms with E-state index in [0.29, 0.717) is 17.1 Å². The molecule has 0 aromatic heterocycles. The van der Waals surface area contributed by atoms with E-state index >= 15 is 0 Å². The molecule has 21 heavy (non-hydrogen) atoms. The summed E-state index contributed by atoms with van der Waals surface area (Å²) in [6.45, 7) is 2.63. The van der Waals surface area contributed by atoms with Crippen LogP contribution in [0.25, 0.3) is 0 Å². The van der Waals surface area contributed by atoms with Gasteiger partial charge in [-0.15, -0.1) is 0 Å². The van der Waals surface area contributed by atoms with Gasteiger partial charge in [0.15, 0.2) is 0 Å². The molecule has 0 aliphatic rings. The van der Waals surface area contributed by atoms with Crippen molar-refractivity contribution in [1.82, 2.24) is 5.32 Å². The van der Waals surface area contributed by atoms with Crippen LogP contribution in [0.5, 0.6) is 0 Å². The van der Waals surface area contributed by atoms with Crippen LogP contribution in [0.4, 0.5) is 5.69 Å². The summed E-state index contributed by atoms with van der Waals surface area (Å²) < 4.78 is 1.01. The van der Waals surface area contributed by atoms with E-state index in [-0.39, 0.29) is 5.91 Å². The third-order valence-electron chi connectivity index (χ3n) is 3.19. The third-order valence-corrected chi connectivity index (χ3v) is 4.20. The first-order valence-electron chi connectivity index (χ1n) is 6.52. The Labute approximate surface area is 137 Å². The fraction of sp³-hybridized carbons (Fsp3) is 0.188. The number of hydrogen-bond donors (Lipinski definition) is 2. The van der Waals surface area contributed by atoms with Crippen molar-refractivity contribution < 1.29 is 4.79 Å². The van der Waals surface area contributed by atoms with Gasteiger partial charge in [0.25, 0.3) is 5.91 Å². The minimum atomic E-state index is -0.0813. The van der Waals surface area contributed by atoms with E-state index in [2.05, 4.69) is 26.6 Å². The summed E-state index contributed by atoms with van der Waals surface area (Å²) >= 11 is 9.52. The van der Waals surface area contributed by atoms with Gasteiger partial charge in [-0.05, 0) is 54.4 Å². The zero-order chi connectivity index (χ0) is 15.4. The van der Waals surface area contributed by atoms with Crippen LogP contribution in [-0.4, -0.2) is 13.0 Å². The number of anilines is 1. The van der Waals surface area contributed by atoms with Crippen LogP contribution >= 0.6 is 27.5 Å². The molecule has 2 N–H and O–H groups in total. The van der Waals surface area contributed by atoms with Gasteiger partial charge in [-0.25, -0.2) is 0 Å². The molecule has 110 valence electrons. The van der Waals surface area contributed by atoms with Gasteiger partial charge in [0.05, 0.1) is 0 Å². The van der Waals surface area contributed by atoms with Crippen molar-refractivity contribution >= 4 is 39.1 Å². The second-order valence-electron chi connectivity index (χ2n) is 4.70. The van der Waals surface area contributed by atoms with Gasteiger partial charge in [0.1, 0.15) is 0 Å². The second kappa shape index (κ2) is 6.96. The van der Waals surface area contributed by atoms with Crippen molar-refractivity contribution in [2.24, 2.45) is 0 Å². The van der Waals surface area contributed by atoms with Crippen molar-refractivity contribution in [3.8, 4) is 0 Å². The molecule has 0 heterocycles. The van der Waals surface area contributed by atoms with Crippen molar-refractivity contribution in [2.45, 2.75) is 13.5 Å². The molecule has 5 heteroatoms. The van der Waals surface area contributed by atoms with E-state index in [1.165, 1.54) is 0 Å². The molecule has 1 amide bonds. The topological polar surface area (TPSA) is 41.1 Å². The summed E-state index contributed by atoms with van der Waals surface area (Å²) in [5.41, 5.74) is 3.76. The van der Waals surface area contributed by atoms with Crippen molar-refractivity contribution in [1.29, 1.82) is 0 Å². The zero-order valence-corrected chi connectivity index (χ0v) is 14.2. The van der Waals surface area contributed by atoms with Crippen molar-refractivity contribution in [2.75, 3.05) is 12.4 Å². The van der Waals surface area contributed by atoms with Crippen LogP contribution < -0.4 is 10.6 Å². The lowest BCUT2D eigenvalue weighted by molar-refractivity contribution is 0.0963. The highest BCUT2D eigenvalue weighted by molar-refractivity contribution is 9.10. The Morgan fingerprint density at radius 2 is 2.00 bits per heavy atom. The molecule has 2 aromatic carbocycles. The predicted molar refractivity (Wildman–Crippen MR) is 91.0 cm³/mol. The molecule has 0 aliphatic carbocycles. The van der Waals surface area contributed by atoms with Crippen molar-refractivity contribution in [3.63, 3.8) is 0 Å². The average Bonchev–Trinajstić information content (AvgIpc) is 2.48. The molecule has 0 fully saturated rings. The van der Waals surface area contributed by atoms with Gasteiger partial charge in [-0.2, -0.15) is 0 Å². The van der Waals surface area contributed by atoms with E-state index in [0.717, 1.165) is 21.3 Å². The van der Waals surface area contributed by atoms with E-state index in [9.17, 15) is 4.79 Å². The summed E-state index contributed by atoms with van der Waals surface area (Å²) in [6.07, 6.45) is 0. The Hall–Kier alpha value is -1.52. The molecule has 0 radical (unpaired) electrons. The maximum absolute atomic E-state index is 11.6. The fourth-order valence-electron chi connectivity index (χ4n) is 2.02. The van der Waals surface area contributed by atoms with Crippen LogP contribution in [0, 0.1) is 6.92 Å². The third kappa shape index (κ3) is 3.99. The molecule has 0 aliphatic heterocycles. The molecule has 2 rings (SSSR count). The lowest BCUT2D eigenvalue weighted by Crippen LogP contribution is -2.17. The summed E-state index contributed by atoms with van der Waals surface area (Å²) in [5, 5.41) is 6.69. The van der Waals surface area contributed by atoms with E-state index < -0.39 is 0 Å². The van der Waals surface area contributed by atoms with Gasteiger partial charge in [-0.1, -0.05) is 27.5 Å². The maximum Gasteiger partial charge on any atom is 0.251 e. The highest BCUT2D eigenvalue weighted by Gasteiger charge is 2.07. The van der Waals surface area contributed by atoms with E-state index in [1.54, 1.807) is 13.1 Å². The number of rotatable bonds is 4. The molecule has 0 atom stereocenters. The highest BCUT2D eigenvalue weighted by atomic mass is 79.9. The minimum absolute atomic E-state index is 0.0813. The second-order valence-corrected chi connectivity index (χ2v) is 5.99. The number of benzene rings is 2. The average molecular weight is 368 g/mol. The molecule has 0 saturated heterocycles. The van der Waals surface area contributed by atoms with Gasteiger partial charge in [-0.3, -0.25) is 4.79 Å². The summed E-state index contributed by atoms with van der Waals surface area (Å²) in [6, 6.07) is 11.3. The fourth-order valence-corrected chi connectivity index (χ4v) is 2.60. The Morgan fingerprint density at radius 3 is 2.67 bits per heavy atom. The van der Waals surface area contributed by atoms with Crippen LogP contribution in [0.3, 0.4) is 0 Å². The van der Waals surface area contributed by atoms with Crippen LogP contribution in [0.15, 0.2) is 40.9 Å². The monoisotopic (exact) mass is 366 g/mol. The number of amides is 1. The zero-order valence-electron chi connectivity index (χ0n) is 11.8. The largest absolute Gasteiger partial charge is 0.381 e. The minimum Gasteiger partial charge on any atom is -0.381 e. The molecule has 2 aromatic rings. The van der Waals surface area contributed by atoms with Crippen LogP contribution in [0.1, 0.15) is 21.5 Å². The molecule has 0 bridgehead atoms. The molecular weight excluding hydrogens is 352 g/mol.